The van der Waals surface area contributed by atoms with E-state index in [9.17, 15) is 0 Å². The SMILES string of the molecule is CCn1cc(OCCN2CCCC2)cn1. The molecule has 0 spiro atoms. The van der Waals surface area contributed by atoms with Crippen LogP contribution in [0.25, 0.3) is 0 Å². The van der Waals surface area contributed by atoms with Gasteiger partial charge in [0.1, 0.15) is 6.61 Å². The molecular weight excluding hydrogens is 190 g/mol. The van der Waals surface area contributed by atoms with Crippen molar-refractivity contribution in [2.45, 2.75) is 26.3 Å². The van der Waals surface area contributed by atoms with Crippen LogP contribution in [0.5, 0.6) is 5.75 Å². The highest BCUT2D eigenvalue weighted by Gasteiger charge is 2.10. The molecule has 1 aromatic heterocycles. The van der Waals surface area contributed by atoms with Crippen LogP contribution in [0.1, 0.15) is 19.8 Å². The Morgan fingerprint density at radius 1 is 1.40 bits per heavy atom. The summed E-state index contributed by atoms with van der Waals surface area (Å²) in [5.74, 6) is 0.885. The van der Waals surface area contributed by atoms with Gasteiger partial charge in [0.2, 0.25) is 0 Å². The first-order chi connectivity index (χ1) is 7.38. The van der Waals surface area contributed by atoms with E-state index in [0.29, 0.717) is 0 Å². The van der Waals surface area contributed by atoms with Gasteiger partial charge < -0.3 is 4.74 Å². The molecule has 1 aliphatic heterocycles. The molecule has 0 bridgehead atoms. The number of aromatic nitrogens is 2. The molecule has 0 atom stereocenters. The summed E-state index contributed by atoms with van der Waals surface area (Å²) in [6.45, 7) is 7.25. The van der Waals surface area contributed by atoms with Crippen molar-refractivity contribution in [2.24, 2.45) is 0 Å². The molecule has 0 saturated carbocycles. The molecule has 2 rings (SSSR count). The Morgan fingerprint density at radius 3 is 2.87 bits per heavy atom. The van der Waals surface area contributed by atoms with E-state index >= 15 is 0 Å². The lowest BCUT2D eigenvalue weighted by Gasteiger charge is -2.13. The third-order valence-electron chi connectivity index (χ3n) is 2.81. The second-order valence-electron chi connectivity index (χ2n) is 3.93. The summed E-state index contributed by atoms with van der Waals surface area (Å²) in [6.07, 6.45) is 6.42. The van der Waals surface area contributed by atoms with Crippen molar-refractivity contribution in [1.82, 2.24) is 14.7 Å². The molecular formula is C11H19N3O. The Balaban J connectivity index is 1.68. The number of nitrogens with zero attached hydrogens (tertiary/aromatic N) is 3. The Bertz CT molecular complexity index is 292. The minimum Gasteiger partial charge on any atom is -0.489 e. The fraction of sp³-hybridized carbons (Fsp3) is 0.727. The number of likely N-dealkylation sites (tertiary alicyclic amines) is 1. The van der Waals surface area contributed by atoms with Crippen molar-refractivity contribution in [3.63, 3.8) is 0 Å². The molecule has 0 aromatic carbocycles. The summed E-state index contributed by atoms with van der Waals surface area (Å²) in [7, 11) is 0. The number of aryl methyl sites for hydroxylation is 1. The van der Waals surface area contributed by atoms with Gasteiger partial charge in [0, 0.05) is 13.1 Å². The summed E-state index contributed by atoms with van der Waals surface area (Å²) >= 11 is 0. The number of hydrogen-bond acceptors (Lipinski definition) is 3. The van der Waals surface area contributed by atoms with Gasteiger partial charge in [-0.1, -0.05) is 0 Å². The molecule has 84 valence electrons. The molecule has 0 unspecified atom stereocenters. The second kappa shape index (κ2) is 5.16. The highest BCUT2D eigenvalue weighted by atomic mass is 16.5. The van der Waals surface area contributed by atoms with E-state index in [1.54, 1.807) is 6.20 Å². The standard InChI is InChI=1S/C11H19N3O/c1-2-14-10-11(9-12-14)15-8-7-13-5-3-4-6-13/h9-10H,2-8H2,1H3. The third-order valence-corrected chi connectivity index (χ3v) is 2.81. The zero-order valence-corrected chi connectivity index (χ0v) is 9.35. The first kappa shape index (κ1) is 10.5. The van der Waals surface area contributed by atoms with E-state index in [0.717, 1.165) is 25.4 Å². The third kappa shape index (κ3) is 2.96. The lowest BCUT2D eigenvalue weighted by Crippen LogP contribution is -2.24. The average molecular weight is 209 g/mol. The van der Waals surface area contributed by atoms with E-state index in [1.807, 2.05) is 10.9 Å². The van der Waals surface area contributed by atoms with E-state index in [2.05, 4.69) is 16.9 Å². The van der Waals surface area contributed by atoms with Crippen LogP contribution < -0.4 is 4.74 Å². The maximum absolute atomic E-state index is 5.63. The minimum absolute atomic E-state index is 0.773. The summed E-state index contributed by atoms with van der Waals surface area (Å²) in [5, 5.41) is 4.16. The first-order valence-electron chi connectivity index (χ1n) is 5.76. The van der Waals surface area contributed by atoms with Crippen LogP contribution in [0.3, 0.4) is 0 Å². The molecule has 1 aliphatic rings. The number of hydrogen-bond donors (Lipinski definition) is 0. The van der Waals surface area contributed by atoms with Gasteiger partial charge in [-0.2, -0.15) is 5.10 Å². The lowest BCUT2D eigenvalue weighted by molar-refractivity contribution is 0.237. The van der Waals surface area contributed by atoms with Crippen molar-refractivity contribution >= 4 is 0 Å². The van der Waals surface area contributed by atoms with Crippen LogP contribution in [-0.4, -0.2) is 40.9 Å². The summed E-state index contributed by atoms with van der Waals surface area (Å²) < 4.78 is 7.51. The highest BCUT2D eigenvalue weighted by molar-refractivity contribution is 5.11. The molecule has 1 aromatic rings. The van der Waals surface area contributed by atoms with Gasteiger partial charge in [0.25, 0.3) is 0 Å². The Hall–Kier alpha value is -1.03. The fourth-order valence-corrected chi connectivity index (χ4v) is 1.89. The van der Waals surface area contributed by atoms with Gasteiger partial charge in [-0.3, -0.25) is 9.58 Å². The van der Waals surface area contributed by atoms with Gasteiger partial charge >= 0.3 is 0 Å². The van der Waals surface area contributed by atoms with Gasteiger partial charge in [0.05, 0.1) is 12.4 Å². The van der Waals surface area contributed by atoms with Crippen LogP contribution in [-0.2, 0) is 6.54 Å². The van der Waals surface area contributed by atoms with Crippen LogP contribution in [0.15, 0.2) is 12.4 Å². The molecule has 1 saturated heterocycles. The first-order valence-corrected chi connectivity index (χ1v) is 5.76. The molecule has 0 radical (unpaired) electrons. The molecule has 0 N–H and O–H groups in total. The van der Waals surface area contributed by atoms with E-state index < -0.39 is 0 Å². The van der Waals surface area contributed by atoms with E-state index in [4.69, 9.17) is 4.74 Å². The van der Waals surface area contributed by atoms with Crippen molar-refractivity contribution in [3.8, 4) is 5.75 Å². The van der Waals surface area contributed by atoms with Crippen molar-refractivity contribution in [2.75, 3.05) is 26.2 Å². The summed E-state index contributed by atoms with van der Waals surface area (Å²) in [5.41, 5.74) is 0. The van der Waals surface area contributed by atoms with E-state index in [1.165, 1.54) is 25.9 Å². The normalized spacial score (nSPS) is 17.1. The van der Waals surface area contributed by atoms with Gasteiger partial charge in [0.15, 0.2) is 5.75 Å². The van der Waals surface area contributed by atoms with E-state index in [-0.39, 0.29) is 0 Å². The molecule has 1 fully saturated rings. The average Bonchev–Trinajstić information content (AvgIpc) is 2.88. The molecule has 0 amide bonds. The smallest absolute Gasteiger partial charge is 0.157 e. The van der Waals surface area contributed by atoms with Crippen LogP contribution in [0.4, 0.5) is 0 Å². The molecule has 2 heterocycles. The lowest BCUT2D eigenvalue weighted by atomic mass is 10.4. The monoisotopic (exact) mass is 209 g/mol. The Kier molecular flexibility index (Phi) is 3.61. The van der Waals surface area contributed by atoms with Crippen LogP contribution in [0, 0.1) is 0 Å². The topological polar surface area (TPSA) is 30.3 Å². The largest absolute Gasteiger partial charge is 0.489 e. The molecule has 4 heteroatoms. The molecule has 0 aliphatic carbocycles. The van der Waals surface area contributed by atoms with Crippen molar-refractivity contribution < 1.29 is 4.74 Å². The maximum Gasteiger partial charge on any atom is 0.157 e. The predicted molar refractivity (Wildman–Crippen MR) is 59.1 cm³/mol. The second-order valence-corrected chi connectivity index (χ2v) is 3.93. The van der Waals surface area contributed by atoms with Crippen molar-refractivity contribution in [1.29, 1.82) is 0 Å². The number of rotatable bonds is 5. The fourth-order valence-electron chi connectivity index (χ4n) is 1.89. The number of ether oxygens (including phenoxy) is 1. The van der Waals surface area contributed by atoms with Gasteiger partial charge in [-0.15, -0.1) is 0 Å². The van der Waals surface area contributed by atoms with Gasteiger partial charge in [-0.25, -0.2) is 0 Å². The zero-order valence-electron chi connectivity index (χ0n) is 9.35. The van der Waals surface area contributed by atoms with Crippen molar-refractivity contribution in [3.05, 3.63) is 12.4 Å². The van der Waals surface area contributed by atoms with Crippen LogP contribution in [0.2, 0.25) is 0 Å². The Morgan fingerprint density at radius 2 is 2.20 bits per heavy atom. The highest BCUT2D eigenvalue weighted by Crippen LogP contribution is 2.09. The zero-order chi connectivity index (χ0) is 10.5. The predicted octanol–water partition coefficient (Wildman–Crippen LogP) is 1.38. The quantitative estimate of drug-likeness (QED) is 0.734. The maximum atomic E-state index is 5.63. The Labute approximate surface area is 90.8 Å². The summed E-state index contributed by atoms with van der Waals surface area (Å²) in [6, 6.07) is 0. The minimum atomic E-state index is 0.773. The molecule has 15 heavy (non-hydrogen) atoms. The summed E-state index contributed by atoms with van der Waals surface area (Å²) in [4.78, 5) is 2.45. The van der Waals surface area contributed by atoms with Gasteiger partial charge in [-0.05, 0) is 32.9 Å². The molecule has 4 nitrogen and oxygen atoms in total. The van der Waals surface area contributed by atoms with Crippen LogP contribution >= 0.6 is 0 Å².